The monoisotopic (exact) mass is 567 g/mol. The van der Waals surface area contributed by atoms with Gasteiger partial charge in [-0.05, 0) is 54.6 Å². The fraction of sp³-hybridized carbons (Fsp3) is 0.111. The van der Waals surface area contributed by atoms with Crippen LogP contribution in [0.2, 0.25) is 0 Å². The molecule has 0 unspecified atom stereocenters. The van der Waals surface area contributed by atoms with Gasteiger partial charge in [-0.1, -0.05) is 0 Å². The molecule has 4 N–H and O–H groups in total. The third-order valence-electron chi connectivity index (χ3n) is 5.70. The summed E-state index contributed by atoms with van der Waals surface area (Å²) in [5.74, 6) is -0.143. The van der Waals surface area contributed by atoms with Crippen LogP contribution in [0.5, 0.6) is 11.5 Å². The first kappa shape index (κ1) is 27.2. The smallest absolute Gasteiger partial charge is 0.416 e. The fourth-order valence-electron chi connectivity index (χ4n) is 3.83. The highest BCUT2D eigenvalue weighted by Crippen LogP contribution is 2.32. The van der Waals surface area contributed by atoms with Crippen LogP contribution < -0.4 is 20.7 Å². The van der Waals surface area contributed by atoms with Crippen LogP contribution in [-0.4, -0.2) is 31.5 Å². The SMILES string of the molecule is Cn1cnc(CC(=O)Nc2nc3cc(Oc4ccc(NC(=O)Nc5cc(C(F)(F)F)ccc5F)cc4)ccc3[nH]2)c1. The van der Waals surface area contributed by atoms with E-state index in [-0.39, 0.29) is 24.0 Å². The molecule has 0 aliphatic rings. The van der Waals surface area contributed by atoms with Gasteiger partial charge in [0.05, 0.1) is 40.7 Å². The largest absolute Gasteiger partial charge is 0.457 e. The summed E-state index contributed by atoms with van der Waals surface area (Å²) in [5, 5.41) is 7.19. The lowest BCUT2D eigenvalue weighted by Crippen LogP contribution is -2.20. The van der Waals surface area contributed by atoms with Gasteiger partial charge in [0.15, 0.2) is 0 Å². The Labute approximate surface area is 229 Å². The summed E-state index contributed by atoms with van der Waals surface area (Å²) in [4.78, 5) is 36.0. The second-order valence-electron chi connectivity index (χ2n) is 8.92. The van der Waals surface area contributed by atoms with Gasteiger partial charge in [0.1, 0.15) is 17.3 Å². The average molecular weight is 568 g/mol. The molecule has 0 aliphatic carbocycles. The molecule has 0 spiro atoms. The van der Waals surface area contributed by atoms with Crippen molar-refractivity contribution in [1.29, 1.82) is 0 Å². The van der Waals surface area contributed by atoms with Gasteiger partial charge in [0, 0.05) is 25.0 Å². The van der Waals surface area contributed by atoms with Crippen molar-refractivity contribution in [2.24, 2.45) is 7.05 Å². The molecule has 14 heteroatoms. The zero-order valence-corrected chi connectivity index (χ0v) is 21.2. The van der Waals surface area contributed by atoms with Crippen LogP contribution in [0.4, 0.5) is 39.7 Å². The lowest BCUT2D eigenvalue weighted by Gasteiger charge is -2.12. The van der Waals surface area contributed by atoms with Gasteiger partial charge in [-0.2, -0.15) is 13.2 Å². The molecular formula is C27H21F4N7O3. The zero-order chi connectivity index (χ0) is 29.1. The maximum absolute atomic E-state index is 13.9. The molecule has 10 nitrogen and oxygen atoms in total. The number of rotatable bonds is 7. The number of halogens is 4. The molecule has 0 bridgehead atoms. The molecule has 5 aromatic rings. The number of nitrogens with one attached hydrogen (secondary N) is 4. The highest BCUT2D eigenvalue weighted by atomic mass is 19.4. The molecule has 5 rings (SSSR count). The van der Waals surface area contributed by atoms with E-state index in [1.807, 2.05) is 7.05 Å². The Kier molecular flexibility index (Phi) is 7.29. The zero-order valence-electron chi connectivity index (χ0n) is 21.2. The molecule has 0 fully saturated rings. The Morgan fingerprint density at radius 1 is 0.976 bits per heavy atom. The number of anilines is 3. The second kappa shape index (κ2) is 11.0. The number of aromatic amines is 1. The normalized spacial score (nSPS) is 11.3. The molecule has 0 saturated heterocycles. The van der Waals surface area contributed by atoms with Gasteiger partial charge in [-0.15, -0.1) is 0 Å². The van der Waals surface area contributed by atoms with E-state index < -0.39 is 29.3 Å². The predicted octanol–water partition coefficient (Wildman–Crippen LogP) is 6.07. The van der Waals surface area contributed by atoms with E-state index in [0.717, 1.165) is 0 Å². The van der Waals surface area contributed by atoms with Crippen molar-refractivity contribution in [2.75, 3.05) is 16.0 Å². The molecule has 210 valence electrons. The molecule has 3 aromatic carbocycles. The van der Waals surface area contributed by atoms with Crippen molar-refractivity contribution in [1.82, 2.24) is 19.5 Å². The Morgan fingerprint density at radius 2 is 1.73 bits per heavy atom. The number of imidazole rings is 2. The van der Waals surface area contributed by atoms with E-state index in [1.165, 1.54) is 12.1 Å². The van der Waals surface area contributed by atoms with Crippen molar-refractivity contribution in [2.45, 2.75) is 12.6 Å². The number of fused-ring (bicyclic) bond motifs is 1. The molecule has 0 aliphatic heterocycles. The van der Waals surface area contributed by atoms with E-state index in [4.69, 9.17) is 4.74 Å². The number of hydrogen-bond acceptors (Lipinski definition) is 5. The van der Waals surface area contributed by atoms with Gasteiger partial charge in [-0.3, -0.25) is 10.1 Å². The van der Waals surface area contributed by atoms with E-state index >= 15 is 0 Å². The van der Waals surface area contributed by atoms with Crippen molar-refractivity contribution in [3.8, 4) is 11.5 Å². The molecule has 3 amide bonds. The Bertz CT molecular complexity index is 1730. The van der Waals surface area contributed by atoms with Gasteiger partial charge >= 0.3 is 12.2 Å². The molecular weight excluding hydrogens is 546 g/mol. The number of hydrogen-bond donors (Lipinski definition) is 4. The Morgan fingerprint density at radius 3 is 2.44 bits per heavy atom. The van der Waals surface area contributed by atoms with Crippen LogP contribution in [0.25, 0.3) is 11.0 Å². The maximum atomic E-state index is 13.9. The Hall–Kier alpha value is -5.40. The summed E-state index contributed by atoms with van der Waals surface area (Å²) in [6, 6.07) is 12.0. The number of amides is 3. The maximum Gasteiger partial charge on any atom is 0.416 e. The van der Waals surface area contributed by atoms with Crippen molar-refractivity contribution >= 4 is 40.3 Å². The first-order valence-corrected chi connectivity index (χ1v) is 12.0. The molecule has 2 heterocycles. The fourth-order valence-corrected chi connectivity index (χ4v) is 3.83. The topological polar surface area (TPSA) is 126 Å². The summed E-state index contributed by atoms with van der Waals surface area (Å²) >= 11 is 0. The lowest BCUT2D eigenvalue weighted by atomic mass is 10.2. The first-order valence-electron chi connectivity index (χ1n) is 12.0. The lowest BCUT2D eigenvalue weighted by molar-refractivity contribution is -0.137. The highest BCUT2D eigenvalue weighted by Gasteiger charge is 2.31. The number of carbonyl (C=O) groups is 2. The van der Waals surface area contributed by atoms with Crippen LogP contribution in [0.1, 0.15) is 11.3 Å². The highest BCUT2D eigenvalue weighted by molar-refractivity contribution is 6.00. The van der Waals surface area contributed by atoms with Crippen LogP contribution in [0.15, 0.2) is 73.2 Å². The van der Waals surface area contributed by atoms with Gasteiger partial charge in [0.25, 0.3) is 0 Å². The van der Waals surface area contributed by atoms with Crippen LogP contribution in [0.3, 0.4) is 0 Å². The summed E-state index contributed by atoms with van der Waals surface area (Å²) in [6.07, 6.45) is -1.22. The standard InChI is InChI=1S/C27H21F4N7O3/c1-38-13-17(32-14-38)11-24(39)37-25-34-21-9-7-19(12-23(21)35-25)41-18-5-3-16(4-6-18)33-26(40)36-22-10-15(27(29,30)31)2-8-20(22)28/h2-10,12-14H,11H2,1H3,(H2,33,36,40)(H2,34,35,37,39). The molecule has 0 radical (unpaired) electrons. The number of urea groups is 1. The third-order valence-corrected chi connectivity index (χ3v) is 5.70. The van der Waals surface area contributed by atoms with Crippen LogP contribution in [0, 0.1) is 5.82 Å². The van der Waals surface area contributed by atoms with E-state index in [2.05, 4.69) is 30.9 Å². The van der Waals surface area contributed by atoms with Gasteiger partial charge in [0.2, 0.25) is 11.9 Å². The minimum Gasteiger partial charge on any atom is -0.457 e. The summed E-state index contributed by atoms with van der Waals surface area (Å²) in [5.41, 5.74) is 0.437. The number of carbonyl (C=O) groups excluding carboxylic acids is 2. The number of aryl methyl sites for hydroxylation is 1. The van der Waals surface area contributed by atoms with Crippen molar-refractivity contribution < 1.29 is 31.9 Å². The first-order chi connectivity index (χ1) is 19.5. The van der Waals surface area contributed by atoms with E-state index in [9.17, 15) is 27.2 Å². The van der Waals surface area contributed by atoms with Crippen LogP contribution >= 0.6 is 0 Å². The number of nitrogens with zero attached hydrogens (tertiary/aromatic N) is 3. The van der Waals surface area contributed by atoms with Crippen molar-refractivity contribution in [3.63, 3.8) is 0 Å². The molecule has 0 saturated carbocycles. The summed E-state index contributed by atoms with van der Waals surface area (Å²) < 4.78 is 60.1. The summed E-state index contributed by atoms with van der Waals surface area (Å²) in [6.45, 7) is 0. The average Bonchev–Trinajstić information content (AvgIpc) is 3.50. The Balaban J connectivity index is 1.18. The second-order valence-corrected chi connectivity index (χ2v) is 8.92. The molecule has 0 atom stereocenters. The van der Waals surface area contributed by atoms with Gasteiger partial charge < -0.3 is 24.9 Å². The number of aromatic nitrogens is 4. The third kappa shape index (κ3) is 6.79. The molecule has 2 aromatic heterocycles. The van der Waals surface area contributed by atoms with Gasteiger partial charge in [-0.25, -0.2) is 19.2 Å². The molecule has 41 heavy (non-hydrogen) atoms. The minimum absolute atomic E-state index is 0.0981. The van der Waals surface area contributed by atoms with Crippen LogP contribution in [-0.2, 0) is 24.4 Å². The minimum atomic E-state index is -4.68. The number of H-pyrrole nitrogens is 1. The predicted molar refractivity (Wildman–Crippen MR) is 142 cm³/mol. The number of ether oxygens (including phenoxy) is 1. The van der Waals surface area contributed by atoms with Crippen molar-refractivity contribution in [3.05, 3.63) is 90.3 Å². The quantitative estimate of drug-likeness (QED) is 0.178. The number of alkyl halides is 3. The number of benzene rings is 3. The van der Waals surface area contributed by atoms with E-state index in [0.29, 0.717) is 46.4 Å². The summed E-state index contributed by atoms with van der Waals surface area (Å²) in [7, 11) is 1.81. The van der Waals surface area contributed by atoms with E-state index in [1.54, 1.807) is 47.4 Å².